The maximum Gasteiger partial charge on any atom is 0.157 e. The highest BCUT2D eigenvalue weighted by Crippen LogP contribution is 2.32. The van der Waals surface area contributed by atoms with E-state index < -0.39 is 0 Å². The Morgan fingerprint density at radius 3 is 3.12 bits per heavy atom. The van der Waals surface area contributed by atoms with Crippen molar-refractivity contribution in [3.05, 3.63) is 35.0 Å². The zero-order chi connectivity index (χ0) is 12.3. The molecule has 0 aliphatic heterocycles. The molecule has 0 atom stereocenters. The summed E-state index contributed by atoms with van der Waals surface area (Å²) in [7, 11) is 1.81. The van der Waals surface area contributed by atoms with Gasteiger partial charge in [0.1, 0.15) is 5.52 Å². The van der Waals surface area contributed by atoms with Gasteiger partial charge in [0.15, 0.2) is 5.75 Å². The lowest BCUT2D eigenvalue weighted by Crippen LogP contribution is -2.04. The number of fused-ring (bicyclic) bond motifs is 1. The number of hydrogen-bond acceptors (Lipinski definition) is 3. The first-order valence-corrected chi connectivity index (χ1v) is 5.51. The highest BCUT2D eigenvalue weighted by molar-refractivity contribution is 6.35. The number of nitrogens with one attached hydrogen (secondary N) is 1. The summed E-state index contributed by atoms with van der Waals surface area (Å²) in [6.45, 7) is 0.553. The number of phenolic OH excluding ortho intramolecular Hbond substituents is 1. The number of nitrogens with zero attached hydrogens (tertiary/aromatic N) is 1. The minimum atomic E-state index is 0.0774. The van der Waals surface area contributed by atoms with Gasteiger partial charge in [0.2, 0.25) is 0 Å². The first kappa shape index (κ1) is 11.7. The highest BCUT2D eigenvalue weighted by atomic mass is 35.5. The van der Waals surface area contributed by atoms with Crippen molar-refractivity contribution in [3.63, 3.8) is 0 Å². The molecule has 3 nitrogen and oxygen atoms in total. The molecule has 0 radical (unpaired) electrons. The van der Waals surface area contributed by atoms with Crippen LogP contribution in [0.15, 0.2) is 24.4 Å². The van der Waals surface area contributed by atoms with Crippen LogP contribution in [-0.4, -0.2) is 23.7 Å². The average molecular weight is 247 g/mol. The fraction of sp³-hybridized carbons (Fsp3) is 0.154. The topological polar surface area (TPSA) is 45.2 Å². The lowest BCUT2D eigenvalue weighted by atomic mass is 10.1. The van der Waals surface area contributed by atoms with E-state index in [4.69, 9.17) is 11.6 Å². The van der Waals surface area contributed by atoms with Crippen molar-refractivity contribution in [1.82, 2.24) is 10.3 Å². The Morgan fingerprint density at radius 2 is 2.35 bits per heavy atom. The van der Waals surface area contributed by atoms with Crippen LogP contribution in [0.1, 0.15) is 5.56 Å². The third-order valence-electron chi connectivity index (χ3n) is 2.30. The van der Waals surface area contributed by atoms with Gasteiger partial charge in [-0.25, -0.2) is 0 Å². The minimum absolute atomic E-state index is 0.0774. The normalized spacial score (nSPS) is 10.0. The molecular formula is C13H11ClN2O. The van der Waals surface area contributed by atoms with E-state index in [-0.39, 0.29) is 5.75 Å². The number of phenols is 1. The van der Waals surface area contributed by atoms with Gasteiger partial charge in [-0.3, -0.25) is 4.98 Å². The Hall–Kier alpha value is -1.76. The van der Waals surface area contributed by atoms with Crippen LogP contribution >= 0.6 is 11.6 Å². The zero-order valence-electron chi connectivity index (χ0n) is 9.29. The van der Waals surface area contributed by atoms with E-state index in [1.54, 1.807) is 18.3 Å². The summed E-state index contributed by atoms with van der Waals surface area (Å²) in [5, 5.41) is 14.2. The number of benzene rings is 1. The highest BCUT2D eigenvalue weighted by Gasteiger charge is 2.09. The summed E-state index contributed by atoms with van der Waals surface area (Å²) >= 11 is 6.11. The van der Waals surface area contributed by atoms with E-state index in [9.17, 15) is 5.11 Å². The van der Waals surface area contributed by atoms with Crippen LogP contribution in [0.25, 0.3) is 10.9 Å². The van der Waals surface area contributed by atoms with E-state index in [0.717, 1.165) is 5.39 Å². The van der Waals surface area contributed by atoms with Crippen LogP contribution in [-0.2, 0) is 0 Å². The predicted octanol–water partition coefficient (Wildman–Crippen LogP) is 2.16. The van der Waals surface area contributed by atoms with Crippen molar-refractivity contribution in [2.75, 3.05) is 13.6 Å². The Kier molecular flexibility index (Phi) is 3.48. The number of halogens is 1. The molecule has 0 spiro atoms. The van der Waals surface area contributed by atoms with Crippen LogP contribution in [0, 0.1) is 11.8 Å². The summed E-state index contributed by atoms with van der Waals surface area (Å²) in [5.41, 5.74) is 0.977. The average Bonchev–Trinajstić information content (AvgIpc) is 2.36. The molecule has 86 valence electrons. The number of aromatic hydroxyl groups is 1. The van der Waals surface area contributed by atoms with Gasteiger partial charge in [0, 0.05) is 11.6 Å². The minimum Gasteiger partial charge on any atom is -0.504 e. The Labute approximate surface area is 104 Å². The Morgan fingerprint density at radius 1 is 1.53 bits per heavy atom. The second-order valence-corrected chi connectivity index (χ2v) is 3.89. The third kappa shape index (κ3) is 2.33. The van der Waals surface area contributed by atoms with Crippen molar-refractivity contribution < 1.29 is 5.11 Å². The van der Waals surface area contributed by atoms with Gasteiger partial charge < -0.3 is 10.4 Å². The van der Waals surface area contributed by atoms with E-state index >= 15 is 0 Å². The molecule has 4 heteroatoms. The van der Waals surface area contributed by atoms with E-state index in [0.29, 0.717) is 22.6 Å². The third-order valence-corrected chi connectivity index (χ3v) is 2.62. The smallest absolute Gasteiger partial charge is 0.157 e. The molecule has 0 bridgehead atoms. The molecular weight excluding hydrogens is 236 g/mol. The molecule has 2 rings (SSSR count). The first-order chi connectivity index (χ1) is 8.24. The van der Waals surface area contributed by atoms with Gasteiger partial charge in [-0.1, -0.05) is 23.4 Å². The van der Waals surface area contributed by atoms with Gasteiger partial charge in [0.25, 0.3) is 0 Å². The molecule has 0 saturated carbocycles. The number of hydrogen-bond donors (Lipinski definition) is 2. The fourth-order valence-corrected chi connectivity index (χ4v) is 1.77. The lowest BCUT2D eigenvalue weighted by molar-refractivity contribution is 0.479. The van der Waals surface area contributed by atoms with Crippen LogP contribution in [0.3, 0.4) is 0 Å². The van der Waals surface area contributed by atoms with E-state index in [2.05, 4.69) is 22.1 Å². The van der Waals surface area contributed by atoms with Crippen LogP contribution in [0.2, 0.25) is 5.02 Å². The summed E-state index contributed by atoms with van der Waals surface area (Å²) < 4.78 is 0. The number of aromatic nitrogens is 1. The molecule has 0 fully saturated rings. The Balaban J connectivity index is 2.60. The molecule has 0 unspecified atom stereocenters. The van der Waals surface area contributed by atoms with E-state index in [1.807, 2.05) is 13.1 Å². The van der Waals surface area contributed by atoms with Gasteiger partial charge in [-0.05, 0) is 25.2 Å². The molecule has 2 N–H and O–H groups in total. The van der Waals surface area contributed by atoms with Crippen molar-refractivity contribution >= 4 is 22.5 Å². The lowest BCUT2D eigenvalue weighted by Gasteiger charge is -2.04. The standard InChI is InChI=1S/C13H11ClN2O/c1-15-6-2-4-9-8-11(14)10-5-3-7-16-12(10)13(9)17/h3,5,7-8,15,17H,6H2,1H3. The number of pyridine rings is 1. The van der Waals surface area contributed by atoms with Crippen LogP contribution in [0.5, 0.6) is 5.75 Å². The van der Waals surface area contributed by atoms with Crippen LogP contribution in [0.4, 0.5) is 0 Å². The number of rotatable bonds is 1. The van der Waals surface area contributed by atoms with Crippen molar-refractivity contribution in [2.45, 2.75) is 0 Å². The van der Waals surface area contributed by atoms with Crippen molar-refractivity contribution in [3.8, 4) is 17.6 Å². The molecule has 1 aromatic heterocycles. The maximum atomic E-state index is 10.0. The molecule has 2 aromatic rings. The van der Waals surface area contributed by atoms with Crippen molar-refractivity contribution in [2.24, 2.45) is 0 Å². The molecule has 0 amide bonds. The summed E-state index contributed by atoms with van der Waals surface area (Å²) in [5.74, 6) is 5.81. The molecule has 1 heterocycles. The second kappa shape index (κ2) is 5.05. The molecule has 0 saturated heterocycles. The largest absolute Gasteiger partial charge is 0.504 e. The summed E-state index contributed by atoms with van der Waals surface area (Å²) in [6.07, 6.45) is 1.61. The Bertz CT molecular complexity index is 614. The fourth-order valence-electron chi connectivity index (χ4n) is 1.51. The molecule has 0 aliphatic rings. The SMILES string of the molecule is CNCC#Cc1cc(Cl)c2cccnc2c1O. The second-order valence-electron chi connectivity index (χ2n) is 3.49. The molecule has 0 aliphatic carbocycles. The quantitative estimate of drug-likeness (QED) is 0.758. The monoisotopic (exact) mass is 246 g/mol. The van der Waals surface area contributed by atoms with Crippen molar-refractivity contribution in [1.29, 1.82) is 0 Å². The van der Waals surface area contributed by atoms with Gasteiger partial charge in [-0.15, -0.1) is 0 Å². The molecule has 1 aromatic carbocycles. The molecule has 17 heavy (non-hydrogen) atoms. The first-order valence-electron chi connectivity index (χ1n) is 5.13. The summed E-state index contributed by atoms with van der Waals surface area (Å²) in [4.78, 5) is 4.11. The summed E-state index contributed by atoms with van der Waals surface area (Å²) in [6, 6.07) is 5.25. The zero-order valence-corrected chi connectivity index (χ0v) is 10.0. The van der Waals surface area contributed by atoms with Crippen LogP contribution < -0.4 is 5.32 Å². The van der Waals surface area contributed by atoms with Gasteiger partial charge >= 0.3 is 0 Å². The van der Waals surface area contributed by atoms with Gasteiger partial charge in [0.05, 0.1) is 17.1 Å². The predicted molar refractivity (Wildman–Crippen MR) is 69.2 cm³/mol. The van der Waals surface area contributed by atoms with E-state index in [1.165, 1.54) is 0 Å². The van der Waals surface area contributed by atoms with Gasteiger partial charge in [-0.2, -0.15) is 0 Å². The maximum absolute atomic E-state index is 10.0.